The van der Waals surface area contributed by atoms with Crippen LogP contribution in [-0.4, -0.2) is 6.04 Å². The normalized spacial score (nSPS) is 17.6. The standard InChI is InChI=1S/C14H19F2N/c15-14(16)12-8-6-11(7-9-12)10-17-13-4-2-1-3-5-13/h6-9,13-14,17H,1-5,10H2. The zero-order valence-corrected chi connectivity index (χ0v) is 9.96. The smallest absolute Gasteiger partial charge is 0.263 e. The van der Waals surface area contributed by atoms with E-state index in [1.54, 1.807) is 12.1 Å². The maximum atomic E-state index is 12.4. The largest absolute Gasteiger partial charge is 0.310 e. The highest BCUT2D eigenvalue weighted by Gasteiger charge is 2.12. The third kappa shape index (κ3) is 3.77. The first-order valence-corrected chi connectivity index (χ1v) is 6.36. The molecule has 1 aromatic rings. The average Bonchev–Trinajstić information content (AvgIpc) is 2.38. The first kappa shape index (κ1) is 12.5. The van der Waals surface area contributed by atoms with Crippen LogP contribution in [0.15, 0.2) is 24.3 Å². The molecule has 3 heteroatoms. The highest BCUT2D eigenvalue weighted by molar-refractivity contribution is 5.23. The molecule has 0 amide bonds. The van der Waals surface area contributed by atoms with Crippen molar-refractivity contribution in [3.8, 4) is 0 Å². The second-order valence-electron chi connectivity index (χ2n) is 4.76. The molecule has 0 atom stereocenters. The molecule has 94 valence electrons. The fraction of sp³-hybridized carbons (Fsp3) is 0.571. The van der Waals surface area contributed by atoms with Gasteiger partial charge in [-0.05, 0) is 18.4 Å². The van der Waals surface area contributed by atoms with E-state index in [1.165, 1.54) is 44.2 Å². The van der Waals surface area contributed by atoms with Crippen molar-refractivity contribution in [3.05, 3.63) is 35.4 Å². The van der Waals surface area contributed by atoms with Crippen LogP contribution in [0.4, 0.5) is 8.78 Å². The SMILES string of the molecule is FC(F)c1ccc(CNC2CCCCC2)cc1. The molecular weight excluding hydrogens is 220 g/mol. The maximum absolute atomic E-state index is 12.4. The minimum atomic E-state index is -2.37. The molecule has 1 nitrogen and oxygen atoms in total. The van der Waals surface area contributed by atoms with Crippen LogP contribution >= 0.6 is 0 Å². The highest BCUT2D eigenvalue weighted by atomic mass is 19.3. The molecule has 0 spiro atoms. The topological polar surface area (TPSA) is 12.0 Å². The molecule has 0 saturated heterocycles. The molecule has 17 heavy (non-hydrogen) atoms. The lowest BCUT2D eigenvalue weighted by molar-refractivity contribution is 0.151. The average molecular weight is 239 g/mol. The molecule has 2 rings (SSSR count). The Morgan fingerprint density at radius 3 is 2.29 bits per heavy atom. The van der Waals surface area contributed by atoms with E-state index >= 15 is 0 Å². The molecule has 0 aromatic heterocycles. The molecule has 1 aromatic carbocycles. The van der Waals surface area contributed by atoms with Gasteiger partial charge in [0.25, 0.3) is 6.43 Å². The summed E-state index contributed by atoms with van der Waals surface area (Å²) in [6.45, 7) is 0.786. The van der Waals surface area contributed by atoms with E-state index in [-0.39, 0.29) is 5.56 Å². The number of alkyl halides is 2. The van der Waals surface area contributed by atoms with Crippen LogP contribution in [0.5, 0.6) is 0 Å². The Morgan fingerprint density at radius 1 is 1.06 bits per heavy atom. The van der Waals surface area contributed by atoms with Crippen LogP contribution in [0, 0.1) is 0 Å². The summed E-state index contributed by atoms with van der Waals surface area (Å²) in [6, 6.07) is 7.22. The van der Waals surface area contributed by atoms with Crippen molar-refractivity contribution >= 4 is 0 Å². The number of nitrogens with one attached hydrogen (secondary N) is 1. The Labute approximate surface area is 101 Å². The van der Waals surface area contributed by atoms with E-state index in [9.17, 15) is 8.78 Å². The number of halogens is 2. The van der Waals surface area contributed by atoms with Crippen LogP contribution < -0.4 is 5.32 Å². The van der Waals surface area contributed by atoms with E-state index in [2.05, 4.69) is 5.32 Å². The van der Waals surface area contributed by atoms with Gasteiger partial charge in [0.1, 0.15) is 0 Å². The second-order valence-corrected chi connectivity index (χ2v) is 4.76. The summed E-state index contributed by atoms with van der Waals surface area (Å²) >= 11 is 0. The lowest BCUT2D eigenvalue weighted by atomic mass is 9.95. The summed E-state index contributed by atoms with van der Waals surface area (Å²) in [4.78, 5) is 0. The molecule has 0 radical (unpaired) electrons. The first-order valence-electron chi connectivity index (χ1n) is 6.36. The van der Waals surface area contributed by atoms with Crippen molar-refractivity contribution in [2.24, 2.45) is 0 Å². The Hall–Kier alpha value is -0.960. The van der Waals surface area contributed by atoms with E-state index in [0.29, 0.717) is 6.04 Å². The first-order chi connectivity index (χ1) is 8.25. The van der Waals surface area contributed by atoms with Gasteiger partial charge in [0.05, 0.1) is 0 Å². The zero-order valence-electron chi connectivity index (χ0n) is 9.96. The second kappa shape index (κ2) is 6.10. The number of hydrogen-bond acceptors (Lipinski definition) is 1. The quantitative estimate of drug-likeness (QED) is 0.836. The molecular formula is C14H19F2N. The summed E-state index contributed by atoms with van der Waals surface area (Å²) in [5.74, 6) is 0. The summed E-state index contributed by atoms with van der Waals surface area (Å²) in [5.41, 5.74) is 1.19. The van der Waals surface area contributed by atoms with Gasteiger partial charge in [0, 0.05) is 18.2 Å². The van der Waals surface area contributed by atoms with E-state index in [1.807, 2.05) is 0 Å². The Balaban J connectivity index is 1.82. The van der Waals surface area contributed by atoms with E-state index < -0.39 is 6.43 Å². The van der Waals surface area contributed by atoms with Crippen molar-refractivity contribution in [2.75, 3.05) is 0 Å². The van der Waals surface area contributed by atoms with Crippen molar-refractivity contribution in [3.63, 3.8) is 0 Å². The van der Waals surface area contributed by atoms with Crippen molar-refractivity contribution in [2.45, 2.75) is 51.1 Å². The Morgan fingerprint density at radius 2 is 1.71 bits per heavy atom. The molecule has 1 aliphatic rings. The molecule has 0 unspecified atom stereocenters. The molecule has 0 bridgehead atoms. The van der Waals surface area contributed by atoms with Crippen molar-refractivity contribution in [1.29, 1.82) is 0 Å². The third-order valence-corrected chi connectivity index (χ3v) is 3.43. The van der Waals surface area contributed by atoms with Gasteiger partial charge in [0.2, 0.25) is 0 Å². The Bertz CT molecular complexity index is 329. The lowest BCUT2D eigenvalue weighted by Gasteiger charge is -2.22. The van der Waals surface area contributed by atoms with Gasteiger partial charge in [-0.15, -0.1) is 0 Å². The summed E-state index contributed by atoms with van der Waals surface area (Å²) in [7, 11) is 0. The van der Waals surface area contributed by atoms with E-state index in [4.69, 9.17) is 0 Å². The number of benzene rings is 1. The molecule has 1 saturated carbocycles. The Kier molecular flexibility index (Phi) is 4.49. The van der Waals surface area contributed by atoms with Gasteiger partial charge in [-0.25, -0.2) is 8.78 Å². The van der Waals surface area contributed by atoms with Crippen LogP contribution in [0.25, 0.3) is 0 Å². The van der Waals surface area contributed by atoms with Gasteiger partial charge in [-0.2, -0.15) is 0 Å². The van der Waals surface area contributed by atoms with Crippen LogP contribution in [-0.2, 0) is 6.54 Å². The monoisotopic (exact) mass is 239 g/mol. The fourth-order valence-electron chi connectivity index (χ4n) is 2.35. The number of rotatable bonds is 4. The number of hydrogen-bond donors (Lipinski definition) is 1. The van der Waals surface area contributed by atoms with E-state index in [0.717, 1.165) is 12.1 Å². The molecule has 1 N–H and O–H groups in total. The van der Waals surface area contributed by atoms with Gasteiger partial charge in [-0.1, -0.05) is 43.5 Å². The highest BCUT2D eigenvalue weighted by Crippen LogP contribution is 2.20. The summed E-state index contributed by atoms with van der Waals surface area (Å²) in [6.07, 6.45) is 4.09. The minimum absolute atomic E-state index is 0.103. The summed E-state index contributed by atoms with van der Waals surface area (Å²) < 4.78 is 24.7. The van der Waals surface area contributed by atoms with Crippen LogP contribution in [0.2, 0.25) is 0 Å². The predicted octanol–water partition coefficient (Wildman–Crippen LogP) is 4.05. The maximum Gasteiger partial charge on any atom is 0.263 e. The molecule has 0 aliphatic heterocycles. The molecule has 1 aliphatic carbocycles. The minimum Gasteiger partial charge on any atom is -0.310 e. The fourth-order valence-corrected chi connectivity index (χ4v) is 2.35. The van der Waals surface area contributed by atoms with Gasteiger partial charge in [0.15, 0.2) is 0 Å². The van der Waals surface area contributed by atoms with Crippen LogP contribution in [0.1, 0.15) is 49.7 Å². The lowest BCUT2D eigenvalue weighted by Crippen LogP contribution is -2.30. The van der Waals surface area contributed by atoms with Gasteiger partial charge < -0.3 is 5.32 Å². The predicted molar refractivity (Wildman–Crippen MR) is 65.1 cm³/mol. The zero-order chi connectivity index (χ0) is 12.1. The van der Waals surface area contributed by atoms with Crippen molar-refractivity contribution in [1.82, 2.24) is 5.32 Å². The van der Waals surface area contributed by atoms with Crippen molar-refractivity contribution < 1.29 is 8.78 Å². The summed E-state index contributed by atoms with van der Waals surface area (Å²) in [5, 5.41) is 3.50. The third-order valence-electron chi connectivity index (χ3n) is 3.43. The molecule has 0 heterocycles. The molecule has 1 fully saturated rings. The van der Waals surface area contributed by atoms with Gasteiger partial charge >= 0.3 is 0 Å². The van der Waals surface area contributed by atoms with Crippen LogP contribution in [0.3, 0.4) is 0 Å². The van der Waals surface area contributed by atoms with Gasteiger partial charge in [-0.3, -0.25) is 0 Å².